The van der Waals surface area contributed by atoms with Crippen LogP contribution in [0.25, 0.3) is 0 Å². The highest BCUT2D eigenvalue weighted by molar-refractivity contribution is 5.77. The molecule has 1 atom stereocenters. The molecule has 1 unspecified atom stereocenters. The van der Waals surface area contributed by atoms with Crippen molar-refractivity contribution in [3.8, 4) is 0 Å². The zero-order valence-corrected chi connectivity index (χ0v) is 32.9. The Labute approximate surface area is 338 Å². The Bertz CT molecular complexity index is 2170. The van der Waals surface area contributed by atoms with Gasteiger partial charge in [-0.3, -0.25) is 0 Å². The fourth-order valence-corrected chi connectivity index (χ4v) is 7.62. The van der Waals surface area contributed by atoms with Crippen LogP contribution in [0.1, 0.15) is 30.0 Å². The Kier molecular flexibility index (Phi) is 11.4. The predicted octanol–water partition coefficient (Wildman–Crippen LogP) is 11.5. The van der Waals surface area contributed by atoms with Crippen molar-refractivity contribution in [3.63, 3.8) is 0 Å². The van der Waals surface area contributed by atoms with Crippen molar-refractivity contribution in [1.29, 1.82) is 0 Å². The molecule has 6 heteroatoms. The number of hydrogen-bond acceptors (Lipinski definition) is 6. The van der Waals surface area contributed by atoms with Gasteiger partial charge in [-0.1, -0.05) is 104 Å². The van der Waals surface area contributed by atoms with Crippen LogP contribution in [-0.2, 0) is 37.6 Å². The van der Waals surface area contributed by atoms with E-state index < -0.39 is 0 Å². The van der Waals surface area contributed by atoms with E-state index in [0.29, 0.717) is 52.9 Å². The zero-order valence-electron chi connectivity index (χ0n) is 32.9. The van der Waals surface area contributed by atoms with Crippen molar-refractivity contribution in [2.75, 3.05) is 49.4 Å². The number of nitrogens with zero attached hydrogens (tertiary/aromatic N) is 2. The maximum atomic E-state index is 6.08. The lowest BCUT2D eigenvalue weighted by atomic mass is 9.76. The second-order valence-corrected chi connectivity index (χ2v) is 15.9. The van der Waals surface area contributed by atoms with Crippen molar-refractivity contribution in [3.05, 3.63) is 199 Å². The minimum absolute atomic E-state index is 0.0476. The topological polar surface area (TPSA) is 43.4 Å². The molecule has 2 saturated heterocycles. The number of rotatable bonds is 17. The number of hydrogen-bond donors (Lipinski definition) is 0. The molecular formula is C51H52N2O4. The molecule has 2 heterocycles. The van der Waals surface area contributed by atoms with E-state index in [0.717, 1.165) is 51.7 Å². The lowest BCUT2D eigenvalue weighted by Crippen LogP contribution is -2.44. The molecule has 5 aromatic carbocycles. The van der Waals surface area contributed by atoms with Crippen molar-refractivity contribution >= 4 is 28.4 Å². The van der Waals surface area contributed by atoms with Gasteiger partial charge in [-0.25, -0.2) is 0 Å². The Morgan fingerprint density at radius 3 is 1.39 bits per heavy atom. The molecule has 2 fully saturated rings. The third-order valence-electron chi connectivity index (χ3n) is 11.6. The summed E-state index contributed by atoms with van der Waals surface area (Å²) in [6.45, 7) is 15.4. The van der Waals surface area contributed by atoms with E-state index in [1.54, 1.807) is 0 Å². The summed E-state index contributed by atoms with van der Waals surface area (Å²) >= 11 is 0. The van der Waals surface area contributed by atoms with E-state index in [1.165, 1.54) is 5.56 Å². The summed E-state index contributed by atoms with van der Waals surface area (Å²) in [5.41, 5.74) is 9.98. The summed E-state index contributed by atoms with van der Waals surface area (Å²) in [5.74, 6) is 0. The fraction of sp³-hybridized carbons (Fsp3) is 0.255. The van der Waals surface area contributed by atoms with Gasteiger partial charge in [-0.05, 0) is 89.9 Å². The van der Waals surface area contributed by atoms with Crippen LogP contribution in [0.15, 0.2) is 183 Å². The fourth-order valence-electron chi connectivity index (χ4n) is 7.62. The Balaban J connectivity index is 0.966. The Morgan fingerprint density at radius 1 is 0.561 bits per heavy atom. The minimum atomic E-state index is -0.158. The molecule has 0 bridgehead atoms. The summed E-state index contributed by atoms with van der Waals surface area (Å²) in [6, 6.07) is 47.5. The molecule has 3 aliphatic rings. The van der Waals surface area contributed by atoms with E-state index in [1.807, 2.05) is 12.2 Å². The van der Waals surface area contributed by atoms with Gasteiger partial charge in [0.2, 0.25) is 0 Å². The normalized spacial score (nSPS) is 19.1. The quantitative estimate of drug-likeness (QED) is 0.0881. The Morgan fingerprint density at radius 2 is 0.982 bits per heavy atom. The van der Waals surface area contributed by atoms with Crippen LogP contribution < -0.4 is 9.80 Å². The van der Waals surface area contributed by atoms with E-state index >= 15 is 0 Å². The van der Waals surface area contributed by atoms with Crippen molar-refractivity contribution in [2.45, 2.75) is 32.0 Å². The monoisotopic (exact) mass is 756 g/mol. The average Bonchev–Trinajstić information content (AvgIpc) is 3.23. The van der Waals surface area contributed by atoms with Gasteiger partial charge < -0.3 is 28.7 Å². The summed E-state index contributed by atoms with van der Waals surface area (Å²) in [6.07, 6.45) is 11.8. The predicted molar refractivity (Wildman–Crippen MR) is 232 cm³/mol. The third-order valence-corrected chi connectivity index (χ3v) is 11.6. The number of para-hydroxylation sites is 2. The number of benzene rings is 5. The van der Waals surface area contributed by atoms with Crippen LogP contribution in [0.3, 0.4) is 0 Å². The van der Waals surface area contributed by atoms with Gasteiger partial charge >= 0.3 is 0 Å². The van der Waals surface area contributed by atoms with Gasteiger partial charge in [0.25, 0.3) is 0 Å². The van der Waals surface area contributed by atoms with Gasteiger partial charge in [-0.2, -0.15) is 0 Å². The summed E-state index contributed by atoms with van der Waals surface area (Å²) in [4.78, 5) is 4.64. The van der Waals surface area contributed by atoms with Gasteiger partial charge in [-0.15, -0.1) is 13.2 Å². The second-order valence-electron chi connectivity index (χ2n) is 15.9. The Hall–Kier alpha value is -5.50. The van der Waals surface area contributed by atoms with Crippen LogP contribution in [-0.4, -0.2) is 39.6 Å². The largest absolute Gasteiger partial charge is 0.379 e. The standard InChI is InChI=1S/C51H52N2O4/c1-4-50(36-56-37-50)34-54-32-40-16-22-45(23-17-40)52(43-12-8-6-9-13-43)47-26-20-42(21-27-47)49(3)30-28-48(29-31-49)53(44-14-10-7-11-15-44)46-24-18-41(19-25-46)33-55-35-51(5-2)38-57-39-51/h4-30H,1-2,31-39H2,3H3. The van der Waals surface area contributed by atoms with E-state index in [4.69, 9.17) is 18.9 Å². The molecule has 2 aliphatic heterocycles. The summed E-state index contributed by atoms with van der Waals surface area (Å²) in [7, 11) is 0. The van der Waals surface area contributed by atoms with E-state index in [2.05, 4.69) is 182 Å². The lowest BCUT2D eigenvalue weighted by molar-refractivity contribution is -0.122. The molecule has 57 heavy (non-hydrogen) atoms. The average molecular weight is 757 g/mol. The van der Waals surface area contributed by atoms with Crippen LogP contribution >= 0.6 is 0 Å². The first kappa shape index (κ1) is 38.4. The SMILES string of the molecule is C=CC1(COCc2ccc(N(C3=CCC(C)(c4ccc(N(c5ccccc5)c5ccc(COCC6(C=C)COC6)cc5)cc4)C=C3)c3ccccc3)cc2)COC1. The maximum Gasteiger partial charge on any atom is 0.0717 e. The second kappa shape index (κ2) is 16.9. The van der Waals surface area contributed by atoms with Crippen molar-refractivity contribution in [2.24, 2.45) is 10.8 Å². The minimum Gasteiger partial charge on any atom is -0.379 e. The molecule has 6 nitrogen and oxygen atoms in total. The molecule has 0 radical (unpaired) electrons. The van der Waals surface area contributed by atoms with Crippen LogP contribution in [0.4, 0.5) is 28.4 Å². The van der Waals surface area contributed by atoms with Gasteiger partial charge in [0.1, 0.15) is 0 Å². The van der Waals surface area contributed by atoms with Gasteiger partial charge in [0.15, 0.2) is 0 Å². The molecule has 0 amide bonds. The summed E-state index contributed by atoms with van der Waals surface area (Å²) < 4.78 is 23.0. The summed E-state index contributed by atoms with van der Waals surface area (Å²) in [5, 5.41) is 0. The molecule has 8 rings (SSSR count). The van der Waals surface area contributed by atoms with E-state index in [9.17, 15) is 0 Å². The molecule has 1 aliphatic carbocycles. The highest BCUT2D eigenvalue weighted by Crippen LogP contribution is 2.41. The number of anilines is 5. The number of allylic oxidation sites excluding steroid dienone is 3. The molecular weight excluding hydrogens is 705 g/mol. The molecule has 0 spiro atoms. The van der Waals surface area contributed by atoms with Crippen LogP contribution in [0, 0.1) is 10.8 Å². The number of ether oxygens (including phenoxy) is 4. The van der Waals surface area contributed by atoms with Crippen LogP contribution in [0.2, 0.25) is 0 Å². The zero-order chi connectivity index (χ0) is 39.1. The maximum absolute atomic E-state index is 6.08. The highest BCUT2D eigenvalue weighted by atomic mass is 16.5. The van der Waals surface area contributed by atoms with Gasteiger partial charge in [0, 0.05) is 39.5 Å². The van der Waals surface area contributed by atoms with Gasteiger partial charge in [0.05, 0.1) is 63.7 Å². The van der Waals surface area contributed by atoms with Crippen LogP contribution in [0.5, 0.6) is 0 Å². The molecule has 0 aromatic heterocycles. The molecule has 0 saturated carbocycles. The third kappa shape index (κ3) is 8.46. The first-order valence-corrected chi connectivity index (χ1v) is 19.9. The first-order valence-electron chi connectivity index (χ1n) is 19.9. The van der Waals surface area contributed by atoms with Crippen molar-refractivity contribution in [1.82, 2.24) is 0 Å². The first-order chi connectivity index (χ1) is 27.9. The molecule has 5 aromatic rings. The molecule has 0 N–H and O–H groups in total. The van der Waals surface area contributed by atoms with E-state index in [-0.39, 0.29) is 16.2 Å². The highest BCUT2D eigenvalue weighted by Gasteiger charge is 2.36. The lowest BCUT2D eigenvalue weighted by Gasteiger charge is -2.38. The molecule has 290 valence electrons. The smallest absolute Gasteiger partial charge is 0.0717 e. The van der Waals surface area contributed by atoms with Crippen molar-refractivity contribution < 1.29 is 18.9 Å².